The molecule has 2 aliphatic rings. The summed E-state index contributed by atoms with van der Waals surface area (Å²) >= 11 is 0. The third-order valence-electron chi connectivity index (χ3n) is 6.55. The summed E-state index contributed by atoms with van der Waals surface area (Å²) in [6, 6.07) is 5.75. The van der Waals surface area contributed by atoms with Crippen LogP contribution in [0.2, 0.25) is 0 Å². The third-order valence-corrected chi connectivity index (χ3v) is 6.55. The third kappa shape index (κ3) is 3.38. The van der Waals surface area contributed by atoms with Crippen molar-refractivity contribution in [1.82, 2.24) is 19.6 Å². The van der Waals surface area contributed by atoms with Crippen molar-refractivity contribution in [3.8, 4) is 11.1 Å². The van der Waals surface area contributed by atoms with Gasteiger partial charge in [-0.25, -0.2) is 9.37 Å². The maximum Gasteiger partial charge on any atom is 0.255 e. The van der Waals surface area contributed by atoms with Gasteiger partial charge in [0, 0.05) is 30.8 Å². The molecule has 1 N–H and O–H groups in total. The van der Waals surface area contributed by atoms with Crippen LogP contribution in [0.1, 0.15) is 41.5 Å². The van der Waals surface area contributed by atoms with Gasteiger partial charge in [-0.1, -0.05) is 6.07 Å². The van der Waals surface area contributed by atoms with Gasteiger partial charge in [0.1, 0.15) is 17.2 Å². The molecule has 168 valence electrons. The standard InChI is InChI=1S/C24H26F2N4O2/c1-13-11-32-12-14(2)30(13)24(31)21-7-18(25)4-5-19(21)20-6-16(17-8-27-9-17)10-29-15(3)28-23(26)22(20)29/h4-7,10,13-14,17,27H,8-9,11-12H2,1-3H3/t13-,14-/m1/s1. The number of morpholine rings is 1. The smallest absolute Gasteiger partial charge is 0.255 e. The predicted molar refractivity (Wildman–Crippen MR) is 117 cm³/mol. The molecule has 0 spiro atoms. The number of carbonyl (C=O) groups excluding carboxylic acids is 1. The Morgan fingerprint density at radius 1 is 1.12 bits per heavy atom. The minimum atomic E-state index is -0.605. The zero-order valence-electron chi connectivity index (χ0n) is 18.4. The average Bonchev–Trinajstić information content (AvgIpc) is 2.99. The van der Waals surface area contributed by atoms with Crippen LogP contribution in [0.3, 0.4) is 0 Å². The van der Waals surface area contributed by atoms with E-state index in [2.05, 4.69) is 10.3 Å². The molecule has 6 nitrogen and oxygen atoms in total. The fourth-order valence-electron chi connectivity index (χ4n) is 4.76. The van der Waals surface area contributed by atoms with E-state index < -0.39 is 11.8 Å². The van der Waals surface area contributed by atoms with Crippen LogP contribution in [0.5, 0.6) is 0 Å². The van der Waals surface area contributed by atoms with E-state index in [-0.39, 0.29) is 23.6 Å². The van der Waals surface area contributed by atoms with Crippen LogP contribution in [-0.4, -0.2) is 58.6 Å². The number of fused-ring (bicyclic) bond motifs is 1. The summed E-state index contributed by atoms with van der Waals surface area (Å²) in [6.07, 6.45) is 1.91. The van der Waals surface area contributed by atoms with Crippen LogP contribution < -0.4 is 5.32 Å². The average molecular weight is 440 g/mol. The number of amides is 1. The number of benzene rings is 1. The first kappa shape index (κ1) is 21.0. The zero-order chi connectivity index (χ0) is 22.6. The molecule has 32 heavy (non-hydrogen) atoms. The Morgan fingerprint density at radius 2 is 1.84 bits per heavy atom. The molecule has 0 bridgehead atoms. The van der Waals surface area contributed by atoms with Crippen LogP contribution in [0.25, 0.3) is 16.6 Å². The number of nitrogens with zero attached hydrogens (tertiary/aromatic N) is 3. The fourth-order valence-corrected chi connectivity index (χ4v) is 4.76. The van der Waals surface area contributed by atoms with Gasteiger partial charge in [-0.05, 0) is 50.1 Å². The van der Waals surface area contributed by atoms with Crippen LogP contribution in [0.4, 0.5) is 8.78 Å². The lowest BCUT2D eigenvalue weighted by atomic mass is 9.90. The van der Waals surface area contributed by atoms with Gasteiger partial charge in [0.05, 0.1) is 30.9 Å². The number of hydrogen-bond donors (Lipinski definition) is 1. The summed E-state index contributed by atoms with van der Waals surface area (Å²) in [5.74, 6) is -0.577. The van der Waals surface area contributed by atoms with Gasteiger partial charge in [-0.3, -0.25) is 4.79 Å². The number of carbonyl (C=O) groups is 1. The van der Waals surface area contributed by atoms with E-state index >= 15 is 0 Å². The normalized spacial score (nSPS) is 21.7. The number of pyridine rings is 1. The maximum atomic E-state index is 14.9. The van der Waals surface area contributed by atoms with Gasteiger partial charge >= 0.3 is 0 Å². The van der Waals surface area contributed by atoms with Crippen LogP contribution >= 0.6 is 0 Å². The number of aryl methyl sites for hydroxylation is 1. The van der Waals surface area contributed by atoms with E-state index in [4.69, 9.17) is 4.74 Å². The molecule has 0 radical (unpaired) electrons. The molecule has 2 fully saturated rings. The molecule has 2 aliphatic heterocycles. The number of halogens is 2. The highest BCUT2D eigenvalue weighted by molar-refractivity contribution is 6.03. The second-order valence-corrected chi connectivity index (χ2v) is 8.85. The molecule has 0 saturated carbocycles. The van der Waals surface area contributed by atoms with Gasteiger partial charge in [-0.2, -0.15) is 4.39 Å². The van der Waals surface area contributed by atoms with E-state index in [9.17, 15) is 13.6 Å². The van der Waals surface area contributed by atoms with Crippen LogP contribution in [0, 0.1) is 18.7 Å². The Kier molecular flexibility index (Phi) is 5.22. The van der Waals surface area contributed by atoms with E-state index in [1.54, 1.807) is 22.3 Å². The number of aromatic nitrogens is 2. The topological polar surface area (TPSA) is 58.9 Å². The van der Waals surface area contributed by atoms with E-state index in [0.717, 1.165) is 18.7 Å². The predicted octanol–water partition coefficient (Wildman–Crippen LogP) is 3.52. The Morgan fingerprint density at radius 3 is 2.50 bits per heavy atom. The van der Waals surface area contributed by atoms with E-state index in [1.165, 1.54) is 12.1 Å². The van der Waals surface area contributed by atoms with Gasteiger partial charge in [0.15, 0.2) is 0 Å². The molecule has 0 aliphatic carbocycles. The zero-order valence-corrected chi connectivity index (χ0v) is 18.4. The first-order chi connectivity index (χ1) is 15.3. The molecular weight excluding hydrogens is 414 g/mol. The molecule has 1 amide bonds. The summed E-state index contributed by atoms with van der Waals surface area (Å²) in [6.45, 7) is 8.08. The highest BCUT2D eigenvalue weighted by atomic mass is 19.1. The minimum absolute atomic E-state index is 0.149. The number of nitrogens with one attached hydrogen (secondary N) is 1. The summed E-state index contributed by atoms with van der Waals surface area (Å²) in [4.78, 5) is 19.4. The van der Waals surface area contributed by atoms with Crippen molar-refractivity contribution >= 4 is 11.4 Å². The van der Waals surface area contributed by atoms with Crippen molar-refractivity contribution in [2.24, 2.45) is 0 Å². The summed E-state index contributed by atoms with van der Waals surface area (Å²) < 4.78 is 36.6. The van der Waals surface area contributed by atoms with Crippen molar-refractivity contribution in [2.75, 3.05) is 26.3 Å². The van der Waals surface area contributed by atoms with Crippen molar-refractivity contribution in [3.63, 3.8) is 0 Å². The number of imidazole rings is 1. The fraction of sp³-hybridized carbons (Fsp3) is 0.417. The molecule has 1 aromatic carbocycles. The second-order valence-electron chi connectivity index (χ2n) is 8.85. The van der Waals surface area contributed by atoms with Gasteiger partial charge in [0.2, 0.25) is 5.95 Å². The van der Waals surface area contributed by atoms with Crippen LogP contribution in [-0.2, 0) is 4.74 Å². The number of ether oxygens (including phenoxy) is 1. The quantitative estimate of drug-likeness (QED) is 0.677. The molecule has 8 heteroatoms. The van der Waals surface area contributed by atoms with E-state index in [0.29, 0.717) is 41.6 Å². The van der Waals surface area contributed by atoms with Crippen molar-refractivity contribution in [1.29, 1.82) is 0 Å². The molecule has 2 saturated heterocycles. The number of rotatable bonds is 3. The van der Waals surface area contributed by atoms with Crippen molar-refractivity contribution in [3.05, 3.63) is 59.2 Å². The SMILES string of the molecule is Cc1nc(F)c2c(-c3ccc(F)cc3C(=O)N3[C@H](C)COC[C@H]3C)cc(C3CNC3)cn12. The molecule has 4 heterocycles. The van der Waals surface area contributed by atoms with Crippen LogP contribution in [0.15, 0.2) is 30.5 Å². The molecule has 3 aromatic rings. The number of hydrogen-bond acceptors (Lipinski definition) is 4. The highest BCUT2D eigenvalue weighted by Gasteiger charge is 2.33. The lowest BCUT2D eigenvalue weighted by molar-refractivity contribution is -0.0249. The summed E-state index contributed by atoms with van der Waals surface area (Å²) in [7, 11) is 0. The Balaban J connectivity index is 1.71. The summed E-state index contributed by atoms with van der Waals surface area (Å²) in [5, 5.41) is 3.26. The molecule has 0 unspecified atom stereocenters. The monoisotopic (exact) mass is 440 g/mol. The van der Waals surface area contributed by atoms with E-state index in [1.807, 2.05) is 26.1 Å². The van der Waals surface area contributed by atoms with Crippen molar-refractivity contribution < 1.29 is 18.3 Å². The molecule has 2 aromatic heterocycles. The lowest BCUT2D eigenvalue weighted by Gasteiger charge is -2.39. The van der Waals surface area contributed by atoms with Crippen molar-refractivity contribution in [2.45, 2.75) is 38.8 Å². The Labute approximate surface area is 185 Å². The second kappa shape index (κ2) is 7.94. The molecular formula is C24H26F2N4O2. The molecule has 5 rings (SSSR count). The van der Waals surface area contributed by atoms with Gasteiger partial charge in [0.25, 0.3) is 5.91 Å². The van der Waals surface area contributed by atoms with Gasteiger partial charge in [-0.15, -0.1) is 0 Å². The maximum absolute atomic E-state index is 14.9. The van der Waals surface area contributed by atoms with Gasteiger partial charge < -0.3 is 19.4 Å². The highest BCUT2D eigenvalue weighted by Crippen LogP contribution is 2.35. The Bertz CT molecular complexity index is 1190. The first-order valence-corrected chi connectivity index (χ1v) is 10.9. The minimum Gasteiger partial charge on any atom is -0.377 e. The Hall–Kier alpha value is -2.84. The lowest BCUT2D eigenvalue weighted by Crippen LogP contribution is -2.52. The molecule has 2 atom stereocenters. The summed E-state index contributed by atoms with van der Waals surface area (Å²) in [5.41, 5.74) is 2.59. The first-order valence-electron chi connectivity index (χ1n) is 10.9. The largest absolute Gasteiger partial charge is 0.377 e.